The van der Waals surface area contributed by atoms with E-state index in [1.807, 2.05) is 0 Å². The van der Waals surface area contributed by atoms with E-state index >= 15 is 0 Å². The summed E-state index contributed by atoms with van der Waals surface area (Å²) in [5, 5.41) is 0. The summed E-state index contributed by atoms with van der Waals surface area (Å²) in [6.07, 6.45) is -0.304. The monoisotopic (exact) mass is 258 g/mol. The van der Waals surface area contributed by atoms with Crippen molar-refractivity contribution in [1.82, 2.24) is 9.97 Å². The Kier molecular flexibility index (Phi) is 3.69. The molecule has 98 valence electrons. The summed E-state index contributed by atoms with van der Waals surface area (Å²) in [7, 11) is 1.35. The number of nitrogens with zero attached hydrogens (tertiary/aromatic N) is 2. The molecule has 0 saturated heterocycles. The van der Waals surface area contributed by atoms with Gasteiger partial charge in [-0.15, -0.1) is 0 Å². The Morgan fingerprint density at radius 2 is 2.06 bits per heavy atom. The highest BCUT2D eigenvalue weighted by molar-refractivity contribution is 5.81. The largest absolute Gasteiger partial charge is 0.480 e. The van der Waals surface area contributed by atoms with Gasteiger partial charge in [-0.2, -0.15) is 9.97 Å². The molecule has 0 N–H and O–H groups in total. The van der Waals surface area contributed by atoms with Gasteiger partial charge in [0.2, 0.25) is 11.8 Å². The first kappa shape index (κ1) is 12.7. The molecule has 0 bridgehead atoms. The molecule has 0 atom stereocenters. The number of methoxy groups -OCH3 is 1. The third-order valence-corrected chi connectivity index (χ3v) is 2.49. The molecule has 18 heavy (non-hydrogen) atoms. The van der Waals surface area contributed by atoms with Crippen molar-refractivity contribution in [1.29, 1.82) is 0 Å². The molecular weight excluding hydrogens is 246 g/mol. The van der Waals surface area contributed by atoms with E-state index in [4.69, 9.17) is 9.47 Å². The van der Waals surface area contributed by atoms with E-state index in [-0.39, 0.29) is 23.2 Å². The number of aldehydes is 1. The molecule has 1 heterocycles. The third-order valence-electron chi connectivity index (χ3n) is 2.49. The average Bonchev–Trinajstić information content (AvgIpc) is 3.19. The first-order valence-electron chi connectivity index (χ1n) is 5.47. The molecule has 7 heteroatoms. The summed E-state index contributed by atoms with van der Waals surface area (Å²) in [5.41, 5.74) is -0.0393. The van der Waals surface area contributed by atoms with Gasteiger partial charge in [0, 0.05) is 5.92 Å². The molecule has 0 amide bonds. The van der Waals surface area contributed by atoms with Crippen LogP contribution in [0.25, 0.3) is 0 Å². The van der Waals surface area contributed by atoms with E-state index < -0.39 is 13.0 Å². The second kappa shape index (κ2) is 5.24. The first-order chi connectivity index (χ1) is 8.65. The van der Waals surface area contributed by atoms with E-state index in [1.165, 1.54) is 7.11 Å². The molecule has 1 aliphatic rings. The fraction of sp³-hybridized carbons (Fsp3) is 0.545. The van der Waals surface area contributed by atoms with Gasteiger partial charge < -0.3 is 9.47 Å². The lowest BCUT2D eigenvalue weighted by Gasteiger charge is -2.11. The topological polar surface area (TPSA) is 61.3 Å². The highest BCUT2D eigenvalue weighted by atomic mass is 19.3. The number of ether oxygens (including phenoxy) is 2. The summed E-state index contributed by atoms with van der Waals surface area (Å²) in [5.74, 6) is 0.598. The number of carbonyl (C=O) groups excluding carboxylic acids is 1. The molecule has 0 unspecified atom stereocenters. The second-order valence-electron chi connectivity index (χ2n) is 3.90. The number of alkyl halides is 2. The highest BCUT2D eigenvalue weighted by Gasteiger charge is 2.29. The van der Waals surface area contributed by atoms with Crippen molar-refractivity contribution >= 4 is 6.29 Å². The van der Waals surface area contributed by atoms with Crippen LogP contribution in [0.3, 0.4) is 0 Å². The molecule has 0 aromatic carbocycles. The van der Waals surface area contributed by atoms with Crippen LogP contribution in [-0.4, -0.2) is 36.4 Å². The van der Waals surface area contributed by atoms with Gasteiger partial charge in [0.1, 0.15) is 11.4 Å². The van der Waals surface area contributed by atoms with E-state index in [9.17, 15) is 13.6 Å². The van der Waals surface area contributed by atoms with Gasteiger partial charge in [-0.1, -0.05) is 0 Å². The molecule has 1 aliphatic carbocycles. The molecule has 0 aliphatic heterocycles. The average molecular weight is 258 g/mol. The van der Waals surface area contributed by atoms with Crippen molar-refractivity contribution in [2.45, 2.75) is 25.2 Å². The zero-order valence-electron chi connectivity index (χ0n) is 9.73. The number of aromatic nitrogens is 2. The van der Waals surface area contributed by atoms with Crippen LogP contribution in [0.15, 0.2) is 0 Å². The van der Waals surface area contributed by atoms with Crippen LogP contribution in [0.4, 0.5) is 8.78 Å². The highest BCUT2D eigenvalue weighted by Crippen LogP contribution is 2.40. The minimum atomic E-state index is -2.63. The third kappa shape index (κ3) is 2.72. The fourth-order valence-corrected chi connectivity index (χ4v) is 1.48. The Bertz CT molecular complexity index is 450. The molecule has 5 nitrogen and oxygen atoms in total. The van der Waals surface area contributed by atoms with Gasteiger partial charge in [-0.05, 0) is 12.8 Å². The van der Waals surface area contributed by atoms with Crippen molar-refractivity contribution in [3.05, 3.63) is 11.4 Å². The lowest BCUT2D eigenvalue weighted by atomic mass is 10.3. The first-order valence-corrected chi connectivity index (χ1v) is 5.47. The van der Waals surface area contributed by atoms with Gasteiger partial charge in [-0.3, -0.25) is 4.79 Å². The number of hydrogen-bond acceptors (Lipinski definition) is 5. The Hall–Kier alpha value is -1.79. The Morgan fingerprint density at radius 3 is 2.56 bits per heavy atom. The molecule has 0 radical (unpaired) electrons. The molecule has 2 rings (SSSR count). The molecule has 1 aromatic heterocycles. The summed E-state index contributed by atoms with van der Waals surface area (Å²) in [6.45, 7) is -0.814. The molecule has 1 aromatic rings. The van der Waals surface area contributed by atoms with Crippen LogP contribution < -0.4 is 9.47 Å². The van der Waals surface area contributed by atoms with Crippen LogP contribution >= 0.6 is 0 Å². The van der Waals surface area contributed by atoms with Crippen LogP contribution in [-0.2, 0) is 0 Å². The number of rotatable bonds is 6. The number of carbonyl (C=O) groups is 1. The van der Waals surface area contributed by atoms with Crippen LogP contribution in [0.2, 0.25) is 0 Å². The maximum atomic E-state index is 12.1. The zero-order valence-corrected chi connectivity index (χ0v) is 9.73. The van der Waals surface area contributed by atoms with Crippen LogP contribution in [0, 0.1) is 0 Å². The maximum Gasteiger partial charge on any atom is 0.272 e. The predicted molar refractivity (Wildman–Crippen MR) is 57.4 cm³/mol. The summed E-state index contributed by atoms with van der Waals surface area (Å²) in [6, 6.07) is 0. The Morgan fingerprint density at radius 1 is 1.39 bits per heavy atom. The smallest absolute Gasteiger partial charge is 0.272 e. The fourth-order valence-electron chi connectivity index (χ4n) is 1.48. The molecule has 0 spiro atoms. The number of hydrogen-bond donors (Lipinski definition) is 0. The van der Waals surface area contributed by atoms with Gasteiger partial charge in [0.15, 0.2) is 12.9 Å². The molecule has 1 fully saturated rings. The van der Waals surface area contributed by atoms with Crippen molar-refractivity contribution in [2.24, 2.45) is 0 Å². The lowest BCUT2D eigenvalue weighted by Crippen LogP contribution is -2.12. The van der Waals surface area contributed by atoms with Crippen molar-refractivity contribution in [2.75, 3.05) is 13.7 Å². The quantitative estimate of drug-likeness (QED) is 0.728. The van der Waals surface area contributed by atoms with Gasteiger partial charge in [0.05, 0.1) is 7.11 Å². The maximum absolute atomic E-state index is 12.1. The van der Waals surface area contributed by atoms with Gasteiger partial charge in [0.25, 0.3) is 6.43 Å². The standard InChI is InChI=1S/C11H12F2N2O3/c1-17-10-7(4-16)11(18-5-8(12)13)15-9(14-10)6-2-3-6/h4,6,8H,2-3,5H2,1H3. The summed E-state index contributed by atoms with van der Waals surface area (Å²) in [4.78, 5) is 19.0. The molecular formula is C11H12F2N2O3. The van der Waals surface area contributed by atoms with Crippen molar-refractivity contribution in [3.8, 4) is 11.8 Å². The minimum absolute atomic E-state index is 0.0393. The lowest BCUT2D eigenvalue weighted by molar-refractivity contribution is 0.0781. The second-order valence-corrected chi connectivity index (χ2v) is 3.90. The Labute approximate surface area is 102 Å². The Balaban J connectivity index is 2.33. The normalized spacial score (nSPS) is 14.7. The number of halogens is 2. The summed E-state index contributed by atoms with van der Waals surface area (Å²) >= 11 is 0. The van der Waals surface area contributed by atoms with E-state index in [1.54, 1.807) is 0 Å². The minimum Gasteiger partial charge on any atom is -0.480 e. The zero-order chi connectivity index (χ0) is 13.1. The SMILES string of the molecule is COc1nc(C2CC2)nc(OCC(F)F)c1C=O. The van der Waals surface area contributed by atoms with E-state index in [0.717, 1.165) is 12.8 Å². The summed E-state index contributed by atoms with van der Waals surface area (Å²) < 4.78 is 34.0. The van der Waals surface area contributed by atoms with Crippen molar-refractivity contribution in [3.63, 3.8) is 0 Å². The van der Waals surface area contributed by atoms with E-state index in [0.29, 0.717) is 12.1 Å². The van der Waals surface area contributed by atoms with Gasteiger partial charge >= 0.3 is 0 Å². The van der Waals surface area contributed by atoms with Crippen molar-refractivity contribution < 1.29 is 23.0 Å². The van der Waals surface area contributed by atoms with Gasteiger partial charge in [-0.25, -0.2) is 8.78 Å². The van der Waals surface area contributed by atoms with E-state index in [2.05, 4.69) is 9.97 Å². The van der Waals surface area contributed by atoms with Crippen LogP contribution in [0.5, 0.6) is 11.8 Å². The predicted octanol–water partition coefficient (Wildman–Crippen LogP) is 1.82. The van der Waals surface area contributed by atoms with Crippen LogP contribution in [0.1, 0.15) is 34.9 Å². The molecule has 1 saturated carbocycles.